The van der Waals surface area contributed by atoms with Crippen LogP contribution in [0.4, 0.5) is 4.79 Å². The zero-order valence-corrected chi connectivity index (χ0v) is 10.7. The summed E-state index contributed by atoms with van der Waals surface area (Å²) in [6.45, 7) is 0.652. The summed E-state index contributed by atoms with van der Waals surface area (Å²) in [5.74, 6) is 0.438. The molecule has 1 aliphatic heterocycles. The van der Waals surface area contributed by atoms with Crippen LogP contribution < -0.4 is 10.6 Å². The molecule has 0 radical (unpaired) electrons. The first-order valence-electron chi connectivity index (χ1n) is 5.60. The van der Waals surface area contributed by atoms with Crippen molar-refractivity contribution in [3.63, 3.8) is 0 Å². The third-order valence-corrected chi connectivity index (χ3v) is 2.93. The number of carbonyl (C=O) groups is 1. The Bertz CT molecular complexity index is 459. The molecule has 5 nitrogen and oxygen atoms in total. The fourth-order valence-electron chi connectivity index (χ4n) is 1.76. The number of aliphatic imine (C=N–C) groups is 1. The Kier molecular flexibility index (Phi) is 4.04. The van der Waals surface area contributed by atoms with Crippen LogP contribution >= 0.6 is 11.6 Å². The lowest BCUT2D eigenvalue weighted by Crippen LogP contribution is -2.45. The predicted molar refractivity (Wildman–Crippen MR) is 69.8 cm³/mol. The monoisotopic (exact) mass is 267 g/mol. The molecule has 0 saturated carbocycles. The number of rotatable bonds is 1. The van der Waals surface area contributed by atoms with Gasteiger partial charge in [0.25, 0.3) is 0 Å². The fourth-order valence-corrected chi connectivity index (χ4v) is 1.88. The van der Waals surface area contributed by atoms with Crippen molar-refractivity contribution in [1.29, 1.82) is 0 Å². The summed E-state index contributed by atoms with van der Waals surface area (Å²) in [6.07, 6.45) is 0.339. The van der Waals surface area contributed by atoms with Gasteiger partial charge >= 0.3 is 6.09 Å². The standard InChI is InChI=1S/C12H14ClN3O2/c1-18-12(17)16-11-14-7-6-10(15-11)8-2-4-9(13)5-3-8/h2-5,10H,6-7H2,1H3,(H2,14,15,16,17). The SMILES string of the molecule is COC(=O)NC1=NCCC(c2ccc(Cl)cc2)N1. The van der Waals surface area contributed by atoms with E-state index in [9.17, 15) is 4.79 Å². The number of carbonyl (C=O) groups excluding carboxylic acids is 1. The van der Waals surface area contributed by atoms with Crippen molar-refractivity contribution in [2.24, 2.45) is 4.99 Å². The Hall–Kier alpha value is -1.75. The van der Waals surface area contributed by atoms with Gasteiger partial charge in [0.2, 0.25) is 5.96 Å². The number of methoxy groups -OCH3 is 1. The molecule has 0 aliphatic carbocycles. The second kappa shape index (κ2) is 5.73. The van der Waals surface area contributed by atoms with Gasteiger partial charge in [-0.05, 0) is 24.1 Å². The van der Waals surface area contributed by atoms with Crippen molar-refractivity contribution in [2.75, 3.05) is 13.7 Å². The molecule has 1 atom stereocenters. The van der Waals surface area contributed by atoms with Gasteiger partial charge in [-0.2, -0.15) is 0 Å². The summed E-state index contributed by atoms with van der Waals surface area (Å²) in [7, 11) is 1.31. The average molecular weight is 268 g/mol. The Labute approximate surface area is 110 Å². The number of hydrogen-bond donors (Lipinski definition) is 2. The van der Waals surface area contributed by atoms with Crippen molar-refractivity contribution >= 4 is 23.7 Å². The minimum absolute atomic E-state index is 0.118. The summed E-state index contributed by atoms with van der Waals surface area (Å²) in [4.78, 5) is 15.3. The van der Waals surface area contributed by atoms with E-state index in [4.69, 9.17) is 11.6 Å². The van der Waals surface area contributed by atoms with Crippen LogP contribution in [0, 0.1) is 0 Å². The van der Waals surface area contributed by atoms with Gasteiger partial charge in [0.15, 0.2) is 0 Å². The van der Waals surface area contributed by atoms with E-state index >= 15 is 0 Å². The molecule has 1 aromatic carbocycles. The van der Waals surface area contributed by atoms with E-state index in [1.807, 2.05) is 24.3 Å². The minimum Gasteiger partial charge on any atom is -0.453 e. The summed E-state index contributed by atoms with van der Waals surface area (Å²) >= 11 is 5.85. The first kappa shape index (κ1) is 12.7. The lowest BCUT2D eigenvalue weighted by Gasteiger charge is -2.24. The van der Waals surface area contributed by atoms with Gasteiger partial charge in [0.1, 0.15) is 0 Å². The van der Waals surface area contributed by atoms with Gasteiger partial charge in [-0.1, -0.05) is 23.7 Å². The van der Waals surface area contributed by atoms with Crippen LogP contribution in [0.25, 0.3) is 0 Å². The molecule has 6 heteroatoms. The molecule has 0 fully saturated rings. The number of nitrogens with one attached hydrogen (secondary N) is 2. The number of guanidine groups is 1. The van der Waals surface area contributed by atoms with E-state index in [0.717, 1.165) is 12.0 Å². The summed E-state index contributed by atoms with van der Waals surface area (Å²) in [5, 5.41) is 6.39. The molecule has 0 saturated heterocycles. The van der Waals surface area contributed by atoms with Crippen molar-refractivity contribution in [3.8, 4) is 0 Å². The molecule has 1 heterocycles. The van der Waals surface area contributed by atoms with Crippen LogP contribution in [0.15, 0.2) is 29.3 Å². The normalized spacial score (nSPS) is 18.6. The maximum absolute atomic E-state index is 11.1. The Balaban J connectivity index is 2.03. The summed E-state index contributed by atoms with van der Waals surface area (Å²) < 4.78 is 4.52. The number of benzene rings is 1. The van der Waals surface area contributed by atoms with Crippen LogP contribution in [0.5, 0.6) is 0 Å². The van der Waals surface area contributed by atoms with E-state index in [0.29, 0.717) is 17.5 Å². The molecule has 0 spiro atoms. The topological polar surface area (TPSA) is 62.7 Å². The fraction of sp³-hybridized carbons (Fsp3) is 0.333. The van der Waals surface area contributed by atoms with Crippen molar-refractivity contribution in [3.05, 3.63) is 34.9 Å². The molecule has 2 N–H and O–H groups in total. The molecule has 96 valence electrons. The Morgan fingerprint density at radius 2 is 2.22 bits per heavy atom. The van der Waals surface area contributed by atoms with Gasteiger partial charge in [-0.25, -0.2) is 4.79 Å². The third kappa shape index (κ3) is 3.13. The Morgan fingerprint density at radius 1 is 1.50 bits per heavy atom. The van der Waals surface area contributed by atoms with Gasteiger partial charge in [-0.15, -0.1) is 0 Å². The molecule has 18 heavy (non-hydrogen) atoms. The van der Waals surface area contributed by atoms with Crippen LogP contribution in [-0.4, -0.2) is 25.7 Å². The third-order valence-electron chi connectivity index (χ3n) is 2.68. The Morgan fingerprint density at radius 3 is 2.89 bits per heavy atom. The van der Waals surface area contributed by atoms with Gasteiger partial charge < -0.3 is 10.1 Å². The molecular formula is C12H14ClN3O2. The molecule has 2 rings (SSSR count). The predicted octanol–water partition coefficient (Wildman–Crippen LogP) is 2.09. The number of amides is 1. The molecular weight excluding hydrogens is 254 g/mol. The molecule has 0 aromatic heterocycles. The van der Waals surface area contributed by atoms with Crippen LogP contribution in [0.2, 0.25) is 5.02 Å². The largest absolute Gasteiger partial charge is 0.453 e. The molecule has 1 unspecified atom stereocenters. The summed E-state index contributed by atoms with van der Waals surface area (Å²) in [6, 6.07) is 7.73. The molecule has 1 aromatic rings. The number of hydrogen-bond acceptors (Lipinski definition) is 4. The zero-order valence-electron chi connectivity index (χ0n) is 9.94. The number of nitrogens with zero attached hydrogens (tertiary/aromatic N) is 1. The second-order valence-electron chi connectivity index (χ2n) is 3.88. The smallest absolute Gasteiger partial charge is 0.413 e. The highest BCUT2D eigenvalue weighted by Gasteiger charge is 2.18. The quantitative estimate of drug-likeness (QED) is 0.819. The average Bonchev–Trinajstić information content (AvgIpc) is 2.40. The van der Waals surface area contributed by atoms with E-state index in [1.165, 1.54) is 7.11 Å². The molecule has 1 amide bonds. The van der Waals surface area contributed by atoms with E-state index < -0.39 is 6.09 Å². The minimum atomic E-state index is -0.530. The summed E-state index contributed by atoms with van der Waals surface area (Å²) in [5.41, 5.74) is 1.11. The maximum Gasteiger partial charge on any atom is 0.413 e. The highest BCUT2D eigenvalue weighted by atomic mass is 35.5. The number of ether oxygens (including phenoxy) is 1. The van der Waals surface area contributed by atoms with Crippen molar-refractivity contribution < 1.29 is 9.53 Å². The first-order chi connectivity index (χ1) is 8.69. The van der Waals surface area contributed by atoms with Crippen LogP contribution in [0.1, 0.15) is 18.0 Å². The molecule has 1 aliphatic rings. The van der Waals surface area contributed by atoms with Crippen molar-refractivity contribution in [2.45, 2.75) is 12.5 Å². The van der Waals surface area contributed by atoms with E-state index in [1.54, 1.807) is 0 Å². The highest BCUT2D eigenvalue weighted by molar-refractivity contribution is 6.30. The van der Waals surface area contributed by atoms with Gasteiger partial charge in [-0.3, -0.25) is 10.3 Å². The second-order valence-corrected chi connectivity index (χ2v) is 4.32. The van der Waals surface area contributed by atoms with E-state index in [2.05, 4.69) is 20.4 Å². The number of halogens is 1. The van der Waals surface area contributed by atoms with E-state index in [-0.39, 0.29) is 6.04 Å². The van der Waals surface area contributed by atoms with Gasteiger partial charge in [0.05, 0.1) is 13.2 Å². The van der Waals surface area contributed by atoms with Crippen LogP contribution in [-0.2, 0) is 4.74 Å². The van der Waals surface area contributed by atoms with Crippen molar-refractivity contribution in [1.82, 2.24) is 10.6 Å². The highest BCUT2D eigenvalue weighted by Crippen LogP contribution is 2.21. The van der Waals surface area contributed by atoms with Gasteiger partial charge in [0, 0.05) is 11.6 Å². The zero-order chi connectivity index (χ0) is 13.0. The first-order valence-corrected chi connectivity index (χ1v) is 5.98. The maximum atomic E-state index is 11.1. The lowest BCUT2D eigenvalue weighted by atomic mass is 10.0. The van der Waals surface area contributed by atoms with Crippen LogP contribution in [0.3, 0.4) is 0 Å². The number of alkyl carbamates (subject to hydrolysis) is 1. The lowest BCUT2D eigenvalue weighted by molar-refractivity contribution is 0.176. The molecule has 0 bridgehead atoms.